The van der Waals surface area contributed by atoms with Gasteiger partial charge in [-0.3, -0.25) is 19.7 Å². The van der Waals surface area contributed by atoms with E-state index in [1.807, 2.05) is 24.3 Å². The van der Waals surface area contributed by atoms with Crippen LogP contribution in [-0.4, -0.2) is 23.3 Å². The smallest absolute Gasteiger partial charge is 0.269 e. The van der Waals surface area contributed by atoms with Gasteiger partial charge in [0.1, 0.15) is 0 Å². The molecule has 2 aromatic rings. The molecule has 0 radical (unpaired) electrons. The number of nitro groups is 1. The van der Waals surface area contributed by atoms with Crippen LogP contribution in [0.25, 0.3) is 0 Å². The third kappa shape index (κ3) is 3.85. The third-order valence-electron chi connectivity index (χ3n) is 3.98. The summed E-state index contributed by atoms with van der Waals surface area (Å²) in [6.45, 7) is 0.305. The lowest BCUT2D eigenvalue weighted by Crippen LogP contribution is -2.28. The van der Waals surface area contributed by atoms with Crippen molar-refractivity contribution in [2.24, 2.45) is 5.92 Å². The lowest BCUT2D eigenvalue weighted by atomic mass is 10.1. The van der Waals surface area contributed by atoms with Gasteiger partial charge in [0.15, 0.2) is 0 Å². The summed E-state index contributed by atoms with van der Waals surface area (Å²) in [5, 5.41) is 13.3. The van der Waals surface area contributed by atoms with Gasteiger partial charge in [0.05, 0.1) is 10.8 Å². The minimum Gasteiger partial charge on any atom is -0.326 e. The van der Waals surface area contributed by atoms with Crippen LogP contribution in [0.3, 0.4) is 0 Å². The maximum absolute atomic E-state index is 12.4. The van der Waals surface area contributed by atoms with Crippen molar-refractivity contribution < 1.29 is 14.5 Å². The van der Waals surface area contributed by atoms with Gasteiger partial charge in [0.2, 0.25) is 11.8 Å². The second kappa shape index (κ2) is 7.02. The number of nitro benzene ring substituents is 1. The zero-order valence-electron chi connectivity index (χ0n) is 13.0. The minimum atomic E-state index is -0.503. The third-order valence-corrected chi connectivity index (χ3v) is 4.51. The molecule has 1 aliphatic rings. The molecule has 1 N–H and O–H groups in total. The molecule has 25 heavy (non-hydrogen) atoms. The molecule has 0 aromatic heterocycles. The number of amides is 2. The van der Waals surface area contributed by atoms with E-state index in [-0.39, 0.29) is 23.9 Å². The molecule has 1 aliphatic heterocycles. The molecule has 1 unspecified atom stereocenters. The van der Waals surface area contributed by atoms with E-state index in [1.54, 1.807) is 4.90 Å². The van der Waals surface area contributed by atoms with E-state index in [1.165, 1.54) is 24.3 Å². The van der Waals surface area contributed by atoms with Crippen molar-refractivity contribution >= 4 is 44.8 Å². The largest absolute Gasteiger partial charge is 0.326 e. The molecule has 0 bridgehead atoms. The molecule has 2 aromatic carbocycles. The van der Waals surface area contributed by atoms with Crippen molar-refractivity contribution in [2.45, 2.75) is 6.42 Å². The fourth-order valence-corrected chi connectivity index (χ4v) is 2.93. The van der Waals surface area contributed by atoms with Crippen molar-refractivity contribution in [1.82, 2.24) is 0 Å². The number of hydrogen-bond donors (Lipinski definition) is 1. The summed E-state index contributed by atoms with van der Waals surface area (Å²) in [6.07, 6.45) is 0.134. The number of halogens is 1. The van der Waals surface area contributed by atoms with Crippen molar-refractivity contribution in [2.75, 3.05) is 16.8 Å². The van der Waals surface area contributed by atoms with E-state index in [0.29, 0.717) is 12.2 Å². The summed E-state index contributed by atoms with van der Waals surface area (Å²) in [5.74, 6) is -0.848. The number of hydrogen-bond acceptors (Lipinski definition) is 4. The predicted molar refractivity (Wildman–Crippen MR) is 96.3 cm³/mol. The summed E-state index contributed by atoms with van der Waals surface area (Å²) in [7, 11) is 0. The van der Waals surface area contributed by atoms with E-state index >= 15 is 0 Å². The Hall–Kier alpha value is -2.74. The van der Waals surface area contributed by atoms with E-state index in [2.05, 4.69) is 21.2 Å². The first-order chi connectivity index (χ1) is 11.9. The fourth-order valence-electron chi connectivity index (χ4n) is 2.66. The molecule has 1 heterocycles. The number of carbonyl (C=O) groups is 2. The Labute approximate surface area is 151 Å². The van der Waals surface area contributed by atoms with Crippen LogP contribution in [0.1, 0.15) is 6.42 Å². The lowest BCUT2D eigenvalue weighted by molar-refractivity contribution is -0.384. The fraction of sp³-hybridized carbons (Fsp3) is 0.176. The maximum atomic E-state index is 12.4. The summed E-state index contributed by atoms with van der Waals surface area (Å²) >= 11 is 3.35. The zero-order valence-corrected chi connectivity index (χ0v) is 14.6. The first-order valence-electron chi connectivity index (χ1n) is 7.55. The average molecular weight is 404 g/mol. The van der Waals surface area contributed by atoms with Gasteiger partial charge in [-0.25, -0.2) is 0 Å². The number of anilines is 2. The summed E-state index contributed by atoms with van der Waals surface area (Å²) in [6, 6.07) is 12.9. The van der Waals surface area contributed by atoms with Gasteiger partial charge >= 0.3 is 0 Å². The Morgan fingerprint density at radius 3 is 2.40 bits per heavy atom. The Morgan fingerprint density at radius 2 is 1.80 bits per heavy atom. The van der Waals surface area contributed by atoms with Gasteiger partial charge < -0.3 is 10.2 Å². The zero-order chi connectivity index (χ0) is 18.0. The van der Waals surface area contributed by atoms with Crippen LogP contribution in [0.5, 0.6) is 0 Å². The van der Waals surface area contributed by atoms with E-state index in [9.17, 15) is 19.7 Å². The number of nitrogens with zero attached hydrogens (tertiary/aromatic N) is 2. The van der Waals surface area contributed by atoms with E-state index in [0.717, 1.165) is 10.2 Å². The Morgan fingerprint density at radius 1 is 1.16 bits per heavy atom. The van der Waals surface area contributed by atoms with E-state index in [4.69, 9.17) is 0 Å². The molecular weight excluding hydrogens is 390 g/mol. The predicted octanol–water partition coefficient (Wildman–Crippen LogP) is 3.35. The quantitative estimate of drug-likeness (QED) is 0.625. The number of rotatable bonds is 4. The highest BCUT2D eigenvalue weighted by atomic mass is 79.9. The van der Waals surface area contributed by atoms with Gasteiger partial charge in [-0.15, -0.1) is 0 Å². The molecule has 3 rings (SSSR count). The van der Waals surface area contributed by atoms with Crippen molar-refractivity contribution in [3.63, 3.8) is 0 Å². The molecule has 1 saturated heterocycles. The van der Waals surface area contributed by atoms with Gasteiger partial charge in [0.25, 0.3) is 5.69 Å². The first kappa shape index (κ1) is 17.1. The average Bonchev–Trinajstić information content (AvgIpc) is 2.98. The second-order valence-electron chi connectivity index (χ2n) is 5.68. The molecule has 128 valence electrons. The topological polar surface area (TPSA) is 92.5 Å². The van der Waals surface area contributed by atoms with Crippen LogP contribution < -0.4 is 10.2 Å². The molecule has 1 fully saturated rings. The number of nitrogens with one attached hydrogen (secondary N) is 1. The molecule has 0 saturated carbocycles. The molecule has 7 nitrogen and oxygen atoms in total. The highest BCUT2D eigenvalue weighted by Crippen LogP contribution is 2.27. The van der Waals surface area contributed by atoms with Gasteiger partial charge in [0, 0.05) is 40.9 Å². The first-order valence-corrected chi connectivity index (χ1v) is 8.34. The molecule has 2 amide bonds. The van der Waals surface area contributed by atoms with Gasteiger partial charge in [-0.1, -0.05) is 15.9 Å². The summed E-state index contributed by atoms with van der Waals surface area (Å²) < 4.78 is 0.912. The van der Waals surface area contributed by atoms with Crippen LogP contribution in [0, 0.1) is 16.0 Å². The Kier molecular flexibility index (Phi) is 4.80. The van der Waals surface area contributed by atoms with Crippen LogP contribution in [0.2, 0.25) is 0 Å². The monoisotopic (exact) mass is 403 g/mol. The molecule has 0 aliphatic carbocycles. The normalized spacial score (nSPS) is 16.8. The molecule has 0 spiro atoms. The van der Waals surface area contributed by atoms with Gasteiger partial charge in [-0.05, 0) is 36.4 Å². The number of non-ortho nitro benzene ring substituents is 1. The van der Waals surface area contributed by atoms with Crippen molar-refractivity contribution in [3.05, 3.63) is 63.1 Å². The summed E-state index contributed by atoms with van der Waals surface area (Å²) in [4.78, 5) is 36.3. The molecule has 8 heteroatoms. The van der Waals surface area contributed by atoms with E-state index < -0.39 is 10.8 Å². The van der Waals surface area contributed by atoms with Crippen LogP contribution >= 0.6 is 15.9 Å². The van der Waals surface area contributed by atoms with Crippen LogP contribution in [0.4, 0.5) is 17.1 Å². The Bertz CT molecular complexity index is 821. The highest BCUT2D eigenvalue weighted by molar-refractivity contribution is 9.10. The van der Waals surface area contributed by atoms with Crippen molar-refractivity contribution in [3.8, 4) is 0 Å². The standard InChI is InChI=1S/C17H14BrN3O4/c18-12-1-5-14(6-2-12)20-10-11(9-16(20)22)17(23)19-13-3-7-15(8-4-13)21(24)25/h1-8,11H,9-10H2,(H,19,23). The summed E-state index contributed by atoms with van der Waals surface area (Å²) in [5.41, 5.74) is 1.17. The number of benzene rings is 2. The second-order valence-corrected chi connectivity index (χ2v) is 6.59. The van der Waals surface area contributed by atoms with Gasteiger partial charge in [-0.2, -0.15) is 0 Å². The number of carbonyl (C=O) groups excluding carboxylic acids is 2. The van der Waals surface area contributed by atoms with Crippen LogP contribution in [-0.2, 0) is 9.59 Å². The lowest BCUT2D eigenvalue weighted by Gasteiger charge is -2.16. The maximum Gasteiger partial charge on any atom is 0.269 e. The highest BCUT2D eigenvalue weighted by Gasteiger charge is 2.35. The van der Waals surface area contributed by atoms with Crippen molar-refractivity contribution in [1.29, 1.82) is 0 Å². The molecular formula is C17H14BrN3O4. The SMILES string of the molecule is O=C(Nc1ccc([N+](=O)[O-])cc1)C1CC(=O)N(c2ccc(Br)cc2)C1. The van der Waals surface area contributed by atoms with Crippen LogP contribution in [0.15, 0.2) is 53.0 Å². The Balaban J connectivity index is 1.66. The minimum absolute atomic E-state index is 0.0459. The molecule has 1 atom stereocenters.